The van der Waals surface area contributed by atoms with E-state index in [9.17, 15) is 4.79 Å². The monoisotopic (exact) mass is 1080 g/mol. The Bertz CT molecular complexity index is 2510. The average molecular weight is 1080 g/mol. The van der Waals surface area contributed by atoms with Crippen LogP contribution < -0.4 is 19.8 Å². The van der Waals surface area contributed by atoms with Gasteiger partial charge in [0.2, 0.25) is 0 Å². The summed E-state index contributed by atoms with van der Waals surface area (Å²) in [4.78, 5) is 14.3. The number of hydrogen-bond donors (Lipinski definition) is 0. The van der Waals surface area contributed by atoms with Crippen LogP contribution in [0.3, 0.4) is 0 Å². The number of hydrogen-bond acceptors (Lipinski definition) is 10. The van der Waals surface area contributed by atoms with Crippen LogP contribution in [-0.2, 0) is 39.1 Å². The zero-order valence-corrected chi connectivity index (χ0v) is 51.3. The maximum atomic E-state index is 14.3. The molecule has 13 heteroatoms. The highest BCUT2D eigenvalue weighted by Gasteiger charge is 2.52. The summed E-state index contributed by atoms with van der Waals surface area (Å²) in [6.45, 7) is 34.1. The van der Waals surface area contributed by atoms with Crippen molar-refractivity contribution in [3.63, 3.8) is 0 Å². The fourth-order valence-corrected chi connectivity index (χ4v) is 15.6. The van der Waals surface area contributed by atoms with Gasteiger partial charge in [0.05, 0.1) is 32.5 Å². The van der Waals surface area contributed by atoms with Crippen LogP contribution in [0.15, 0.2) is 115 Å². The maximum absolute atomic E-state index is 14.3. The lowest BCUT2D eigenvalue weighted by Crippen LogP contribution is -2.67. The SMILES string of the molecule is COCOc1ccc(C#CCOCc2ccc(OC)cc2)c(C=CC[C@@H]2OC(C)(C)O[C@@H]2C(C=C[C@@H](C)[C@H](C)O[Si](c2ccccc2)(c2ccccc2)C(C)(C)C)O[Si](C)(C)C(C)(C)C)c1C(=O)OCC[Si](C)(C)C. The van der Waals surface area contributed by atoms with Gasteiger partial charge < -0.3 is 42.0 Å². The lowest BCUT2D eigenvalue weighted by molar-refractivity contribution is -0.151. The van der Waals surface area contributed by atoms with E-state index >= 15 is 0 Å². The molecule has 0 N–H and O–H groups in total. The van der Waals surface area contributed by atoms with Crippen molar-refractivity contribution >= 4 is 47.1 Å². The first-order valence-corrected chi connectivity index (χ1v) is 35.1. The van der Waals surface area contributed by atoms with Gasteiger partial charge in [-0.1, -0.05) is 177 Å². The van der Waals surface area contributed by atoms with Crippen LogP contribution in [0.1, 0.15) is 103 Å². The van der Waals surface area contributed by atoms with E-state index in [-0.39, 0.29) is 41.1 Å². The molecule has 1 saturated heterocycles. The molecule has 0 spiro atoms. The molecule has 0 aliphatic carbocycles. The van der Waals surface area contributed by atoms with E-state index in [0.717, 1.165) is 17.4 Å². The normalized spacial score (nSPS) is 17.6. The molecule has 0 amide bonds. The second-order valence-corrected chi connectivity index (χ2v) is 38.5. The van der Waals surface area contributed by atoms with E-state index in [1.54, 1.807) is 20.3 Å². The van der Waals surface area contributed by atoms with Gasteiger partial charge in [0.1, 0.15) is 29.8 Å². The average Bonchev–Trinajstić information content (AvgIpc) is 3.66. The second kappa shape index (κ2) is 26.6. The Morgan fingerprint density at radius 1 is 0.787 bits per heavy atom. The maximum Gasteiger partial charge on any atom is 0.342 e. The summed E-state index contributed by atoms with van der Waals surface area (Å²) >= 11 is 0. The van der Waals surface area contributed by atoms with E-state index < -0.39 is 54.8 Å². The first kappa shape index (κ1) is 61.3. The molecule has 10 nitrogen and oxygen atoms in total. The summed E-state index contributed by atoms with van der Waals surface area (Å²) in [5.74, 6) is 6.20. The molecular weight excluding hydrogens is 989 g/mol. The number of esters is 1. The van der Waals surface area contributed by atoms with Gasteiger partial charge in [-0.3, -0.25) is 0 Å². The summed E-state index contributed by atoms with van der Waals surface area (Å²) in [7, 11) is -3.55. The molecule has 0 aromatic heterocycles. The highest BCUT2D eigenvalue weighted by molar-refractivity contribution is 6.99. The smallest absolute Gasteiger partial charge is 0.342 e. The molecule has 408 valence electrons. The minimum atomic E-state index is -2.83. The van der Waals surface area contributed by atoms with Crippen molar-refractivity contribution in [2.24, 2.45) is 5.92 Å². The summed E-state index contributed by atoms with van der Waals surface area (Å²) in [5.41, 5.74) is 2.46. The van der Waals surface area contributed by atoms with Gasteiger partial charge in [0.25, 0.3) is 8.32 Å². The predicted molar refractivity (Wildman–Crippen MR) is 313 cm³/mol. The van der Waals surface area contributed by atoms with E-state index in [4.69, 9.17) is 42.0 Å². The van der Waals surface area contributed by atoms with Gasteiger partial charge in [0.15, 0.2) is 20.9 Å². The highest BCUT2D eigenvalue weighted by Crippen LogP contribution is 2.42. The molecule has 1 unspecified atom stereocenters. The number of methoxy groups -OCH3 is 2. The molecule has 4 aromatic carbocycles. The highest BCUT2D eigenvalue weighted by atomic mass is 28.4. The number of carbonyl (C=O) groups is 1. The minimum absolute atomic E-state index is 0.00902. The van der Waals surface area contributed by atoms with Gasteiger partial charge in [-0.25, -0.2) is 4.79 Å². The van der Waals surface area contributed by atoms with Crippen LogP contribution in [0.2, 0.25) is 48.9 Å². The lowest BCUT2D eigenvalue weighted by Gasteiger charge is -2.45. The molecule has 5 atom stereocenters. The van der Waals surface area contributed by atoms with E-state index in [0.29, 0.717) is 36.5 Å². The Morgan fingerprint density at radius 3 is 1.97 bits per heavy atom. The molecule has 4 aromatic rings. The third-order valence-electron chi connectivity index (χ3n) is 14.2. The molecule has 5 rings (SSSR count). The molecule has 1 fully saturated rings. The van der Waals surface area contributed by atoms with Crippen molar-refractivity contribution in [2.75, 3.05) is 34.2 Å². The molecule has 1 heterocycles. The number of ether oxygens (including phenoxy) is 7. The Kier molecular flexibility index (Phi) is 21.8. The first-order chi connectivity index (χ1) is 35.2. The zero-order chi connectivity index (χ0) is 55.2. The zero-order valence-electron chi connectivity index (χ0n) is 48.3. The predicted octanol–water partition coefficient (Wildman–Crippen LogP) is 13.2. The van der Waals surface area contributed by atoms with Gasteiger partial charge in [-0.2, -0.15) is 0 Å². The van der Waals surface area contributed by atoms with E-state index in [1.807, 2.05) is 56.3 Å². The van der Waals surface area contributed by atoms with Crippen molar-refractivity contribution < 1.29 is 46.8 Å². The second-order valence-electron chi connectivity index (χ2n) is 23.9. The Balaban J connectivity index is 1.51. The Hall–Kier alpha value is -4.60. The van der Waals surface area contributed by atoms with Gasteiger partial charge >= 0.3 is 5.97 Å². The van der Waals surface area contributed by atoms with E-state index in [1.165, 1.54) is 10.4 Å². The molecule has 0 radical (unpaired) electrons. The van der Waals surface area contributed by atoms with Crippen LogP contribution in [0.25, 0.3) is 6.08 Å². The van der Waals surface area contributed by atoms with Crippen molar-refractivity contribution in [3.8, 4) is 23.3 Å². The van der Waals surface area contributed by atoms with Gasteiger partial charge in [-0.05, 0) is 103 Å². The topological polar surface area (TPSA) is 100 Å². The van der Waals surface area contributed by atoms with Crippen LogP contribution >= 0.6 is 0 Å². The number of carbonyl (C=O) groups excluding carboxylic acids is 1. The number of rotatable bonds is 24. The summed E-state index contributed by atoms with van der Waals surface area (Å²) in [6.07, 6.45) is 7.35. The fourth-order valence-electron chi connectivity index (χ4n) is 8.83. The summed E-state index contributed by atoms with van der Waals surface area (Å²) in [6, 6.07) is 33.7. The molecule has 0 bridgehead atoms. The largest absolute Gasteiger partial charge is 0.497 e. The van der Waals surface area contributed by atoms with Crippen LogP contribution in [0.5, 0.6) is 11.5 Å². The molecule has 1 aliphatic rings. The molecule has 75 heavy (non-hydrogen) atoms. The minimum Gasteiger partial charge on any atom is -0.497 e. The van der Waals surface area contributed by atoms with Crippen LogP contribution in [0.4, 0.5) is 0 Å². The van der Waals surface area contributed by atoms with Crippen LogP contribution in [-0.4, -0.2) is 95.1 Å². The molecular formula is C62H88O10Si3. The molecule has 0 saturated carbocycles. The summed E-state index contributed by atoms with van der Waals surface area (Å²) < 4.78 is 57.2. The van der Waals surface area contributed by atoms with Crippen molar-refractivity contribution in [1.29, 1.82) is 0 Å². The standard InChI is InChI=1S/C62H88O10Si3/c1-46(47(2)71-75(61(6,7)8,51-27-20-18-21-28-51)52-29-22-19-23-30-52)33-39-56(72-74(16,17)60(3,4)5)58-55(69-62(9,10)70-58)32-24-31-53-49(26-25-41-66-44-48-34-37-50(65-12)38-35-48)36-40-54(68-45-64-11)57(53)59(63)67-42-43-73(13,14)15/h18-24,27-31,33-40,46-47,55-56,58H,32,41-45H2,1-17H3/t46-,47+,55+,56?,58+/m1/s1. The lowest BCUT2D eigenvalue weighted by atomic mass is 9.97. The molecule has 1 aliphatic heterocycles. The first-order valence-electron chi connectivity index (χ1n) is 26.5. The van der Waals surface area contributed by atoms with Gasteiger partial charge in [0, 0.05) is 32.4 Å². The fraction of sp³-hybridized carbons (Fsp3) is 0.500. The Morgan fingerprint density at radius 2 is 1.41 bits per heavy atom. The van der Waals surface area contributed by atoms with Crippen molar-refractivity contribution in [1.82, 2.24) is 0 Å². The summed E-state index contributed by atoms with van der Waals surface area (Å²) in [5, 5.41) is 2.24. The van der Waals surface area contributed by atoms with E-state index in [2.05, 4.69) is 173 Å². The Labute approximate surface area is 454 Å². The van der Waals surface area contributed by atoms with Crippen LogP contribution in [0, 0.1) is 17.8 Å². The van der Waals surface area contributed by atoms with Crippen molar-refractivity contribution in [2.45, 2.75) is 161 Å². The quantitative estimate of drug-likeness (QED) is 0.0168. The van der Waals surface area contributed by atoms with Gasteiger partial charge in [-0.15, -0.1) is 0 Å². The third kappa shape index (κ3) is 16.9. The number of benzene rings is 4. The third-order valence-corrected chi connectivity index (χ3v) is 25.5. The van der Waals surface area contributed by atoms with Crippen molar-refractivity contribution in [3.05, 3.63) is 138 Å².